The van der Waals surface area contributed by atoms with Gasteiger partial charge in [-0.05, 0) is 44.1 Å². The Morgan fingerprint density at radius 2 is 2.16 bits per heavy atom. The van der Waals surface area contributed by atoms with Crippen LogP contribution in [0, 0.1) is 5.92 Å². The molecule has 0 saturated carbocycles. The Bertz CT molecular complexity index is 325. The number of carbonyl (C=O) groups excluding carboxylic acids is 1. The molecule has 0 aromatic rings. The third-order valence-electron chi connectivity index (χ3n) is 3.84. The summed E-state index contributed by atoms with van der Waals surface area (Å²) >= 11 is 1.58. The van der Waals surface area contributed by atoms with E-state index in [-0.39, 0.29) is 12.1 Å². The molecule has 110 valence electrons. The van der Waals surface area contributed by atoms with Gasteiger partial charge in [0.05, 0.1) is 0 Å². The number of piperidine rings is 1. The molecule has 1 saturated heterocycles. The number of nitrogens with zero attached hydrogens (tertiary/aromatic N) is 1. The zero-order chi connectivity index (χ0) is 14.4. The van der Waals surface area contributed by atoms with Crippen molar-refractivity contribution in [1.82, 2.24) is 10.2 Å². The summed E-state index contributed by atoms with van der Waals surface area (Å²) in [6.07, 6.45) is 4.50. The van der Waals surface area contributed by atoms with Gasteiger partial charge in [-0.3, -0.25) is 0 Å². The molecule has 1 aliphatic rings. The first-order chi connectivity index (χ1) is 8.97. The van der Waals surface area contributed by atoms with E-state index in [1.54, 1.807) is 16.7 Å². The van der Waals surface area contributed by atoms with Gasteiger partial charge in [-0.15, -0.1) is 0 Å². The molecule has 2 unspecified atom stereocenters. The lowest BCUT2D eigenvalue weighted by Crippen LogP contribution is -2.54. The number of thioether (sulfide) groups is 1. The number of amides is 2. The molecule has 1 heterocycles. The lowest BCUT2D eigenvalue weighted by molar-refractivity contribution is -0.139. The topological polar surface area (TPSA) is 69.6 Å². The van der Waals surface area contributed by atoms with Crippen LogP contribution in [-0.4, -0.2) is 52.6 Å². The van der Waals surface area contributed by atoms with Gasteiger partial charge >= 0.3 is 12.0 Å². The van der Waals surface area contributed by atoms with E-state index in [0.29, 0.717) is 18.9 Å². The minimum Gasteiger partial charge on any atom is -0.480 e. The Morgan fingerprint density at radius 1 is 1.47 bits per heavy atom. The molecule has 2 amide bonds. The average molecular weight is 288 g/mol. The molecule has 19 heavy (non-hydrogen) atoms. The Hall–Kier alpha value is -0.910. The average Bonchev–Trinajstić information content (AvgIpc) is 2.37. The quantitative estimate of drug-likeness (QED) is 0.812. The second kappa shape index (κ2) is 7.62. The van der Waals surface area contributed by atoms with Crippen LogP contribution in [0.3, 0.4) is 0 Å². The van der Waals surface area contributed by atoms with Crippen molar-refractivity contribution in [3.8, 4) is 0 Å². The van der Waals surface area contributed by atoms with Gasteiger partial charge in [0, 0.05) is 12.6 Å². The van der Waals surface area contributed by atoms with Gasteiger partial charge in [-0.1, -0.05) is 6.92 Å². The van der Waals surface area contributed by atoms with E-state index >= 15 is 0 Å². The van der Waals surface area contributed by atoms with Crippen LogP contribution in [0.15, 0.2) is 0 Å². The van der Waals surface area contributed by atoms with Crippen molar-refractivity contribution in [3.63, 3.8) is 0 Å². The molecule has 1 fully saturated rings. The van der Waals surface area contributed by atoms with Crippen molar-refractivity contribution < 1.29 is 14.7 Å². The van der Waals surface area contributed by atoms with Crippen molar-refractivity contribution >= 4 is 23.8 Å². The summed E-state index contributed by atoms with van der Waals surface area (Å²) in [5.74, 6) is 0.234. The van der Waals surface area contributed by atoms with E-state index < -0.39 is 12.0 Å². The highest BCUT2D eigenvalue weighted by atomic mass is 32.2. The summed E-state index contributed by atoms with van der Waals surface area (Å²) < 4.78 is 0. The molecule has 5 nitrogen and oxygen atoms in total. The van der Waals surface area contributed by atoms with Crippen molar-refractivity contribution in [2.24, 2.45) is 5.92 Å². The highest BCUT2D eigenvalue weighted by Gasteiger charge is 2.30. The number of likely N-dealkylation sites (tertiary alicyclic amines) is 1. The summed E-state index contributed by atoms with van der Waals surface area (Å²) in [5, 5.41) is 11.8. The van der Waals surface area contributed by atoms with Gasteiger partial charge in [0.1, 0.15) is 6.04 Å². The highest BCUT2D eigenvalue weighted by Crippen LogP contribution is 2.22. The van der Waals surface area contributed by atoms with Crippen LogP contribution in [0.4, 0.5) is 4.79 Å². The third-order valence-corrected chi connectivity index (χ3v) is 4.48. The normalized spacial score (nSPS) is 24.9. The maximum atomic E-state index is 12.2. The van der Waals surface area contributed by atoms with Gasteiger partial charge in [-0.2, -0.15) is 11.8 Å². The maximum Gasteiger partial charge on any atom is 0.326 e. The van der Waals surface area contributed by atoms with E-state index in [9.17, 15) is 9.59 Å². The minimum absolute atomic E-state index is 0.170. The highest BCUT2D eigenvalue weighted by molar-refractivity contribution is 7.98. The summed E-state index contributed by atoms with van der Waals surface area (Å²) in [6.45, 7) is 4.87. The molecule has 0 spiro atoms. The SMILES string of the molecule is CSCC[C@H](NC(=O)N1CCCC(C)C1C)C(=O)O. The van der Waals surface area contributed by atoms with Crippen molar-refractivity contribution in [3.05, 3.63) is 0 Å². The molecule has 0 aromatic heterocycles. The van der Waals surface area contributed by atoms with Crippen molar-refractivity contribution in [1.29, 1.82) is 0 Å². The molecule has 6 heteroatoms. The Balaban J connectivity index is 2.58. The fourth-order valence-electron chi connectivity index (χ4n) is 2.35. The Kier molecular flexibility index (Phi) is 6.48. The number of urea groups is 1. The largest absolute Gasteiger partial charge is 0.480 e. The molecule has 0 bridgehead atoms. The first-order valence-corrected chi connectivity index (χ1v) is 8.15. The van der Waals surface area contributed by atoms with E-state index in [2.05, 4.69) is 12.2 Å². The summed E-state index contributed by atoms with van der Waals surface area (Å²) in [7, 11) is 0. The van der Waals surface area contributed by atoms with Gasteiger partial charge in [0.25, 0.3) is 0 Å². The molecule has 0 aliphatic carbocycles. The molecule has 3 atom stereocenters. The van der Waals surface area contributed by atoms with Crippen LogP contribution in [0.5, 0.6) is 0 Å². The van der Waals surface area contributed by atoms with Gasteiger partial charge in [-0.25, -0.2) is 9.59 Å². The van der Waals surface area contributed by atoms with E-state index in [1.165, 1.54) is 0 Å². The number of rotatable bonds is 5. The number of hydrogen-bond acceptors (Lipinski definition) is 3. The Labute approximate surface area is 119 Å². The first-order valence-electron chi connectivity index (χ1n) is 6.76. The van der Waals surface area contributed by atoms with Crippen molar-refractivity contribution in [2.75, 3.05) is 18.6 Å². The lowest BCUT2D eigenvalue weighted by Gasteiger charge is -2.38. The molecule has 0 radical (unpaired) electrons. The second-order valence-electron chi connectivity index (χ2n) is 5.18. The van der Waals surface area contributed by atoms with Crippen LogP contribution in [0.25, 0.3) is 0 Å². The molecule has 1 rings (SSSR count). The zero-order valence-corrected chi connectivity index (χ0v) is 12.7. The van der Waals surface area contributed by atoms with E-state index in [4.69, 9.17) is 5.11 Å². The van der Waals surface area contributed by atoms with Crippen LogP contribution >= 0.6 is 11.8 Å². The molecular formula is C13H24N2O3S. The Morgan fingerprint density at radius 3 is 2.74 bits per heavy atom. The van der Waals surface area contributed by atoms with Crippen LogP contribution in [-0.2, 0) is 4.79 Å². The summed E-state index contributed by atoms with van der Waals surface area (Å²) in [4.78, 5) is 25.1. The van der Waals surface area contributed by atoms with Crippen molar-refractivity contribution in [2.45, 2.75) is 45.2 Å². The molecule has 2 N–H and O–H groups in total. The number of carboxylic acid groups (broad SMARTS) is 1. The fraction of sp³-hybridized carbons (Fsp3) is 0.846. The number of carbonyl (C=O) groups is 2. The van der Waals surface area contributed by atoms with Crippen LogP contribution in [0.1, 0.15) is 33.1 Å². The van der Waals surface area contributed by atoms with Gasteiger partial charge < -0.3 is 15.3 Å². The van der Waals surface area contributed by atoms with E-state index in [1.807, 2.05) is 13.2 Å². The van der Waals surface area contributed by atoms with Crippen LogP contribution < -0.4 is 5.32 Å². The third kappa shape index (κ3) is 4.60. The number of nitrogens with one attached hydrogen (secondary N) is 1. The standard InChI is InChI=1S/C13H24N2O3S/c1-9-5-4-7-15(10(9)2)13(18)14-11(12(16)17)6-8-19-3/h9-11H,4-8H2,1-3H3,(H,14,18)(H,16,17)/t9?,10?,11-/m0/s1. The van der Waals surface area contributed by atoms with E-state index in [0.717, 1.165) is 18.6 Å². The first kappa shape index (κ1) is 16.1. The van der Waals surface area contributed by atoms with Gasteiger partial charge in [0.2, 0.25) is 0 Å². The fourth-order valence-corrected chi connectivity index (χ4v) is 2.82. The summed E-state index contributed by atoms with van der Waals surface area (Å²) in [6, 6.07) is -0.860. The monoisotopic (exact) mass is 288 g/mol. The zero-order valence-electron chi connectivity index (χ0n) is 11.9. The minimum atomic E-state index is -0.958. The molecule has 1 aliphatic heterocycles. The number of aliphatic carboxylic acids is 1. The van der Waals surface area contributed by atoms with Gasteiger partial charge in [0.15, 0.2) is 0 Å². The predicted molar refractivity (Wildman–Crippen MR) is 77.5 cm³/mol. The number of carboxylic acids is 1. The lowest BCUT2D eigenvalue weighted by atomic mass is 9.92. The number of hydrogen-bond donors (Lipinski definition) is 2. The van der Waals surface area contributed by atoms with Crippen LogP contribution in [0.2, 0.25) is 0 Å². The second-order valence-corrected chi connectivity index (χ2v) is 6.16. The molecule has 0 aromatic carbocycles. The summed E-state index contributed by atoms with van der Waals surface area (Å²) in [5.41, 5.74) is 0. The predicted octanol–water partition coefficient (Wildman–Crippen LogP) is 2.02. The maximum absolute atomic E-state index is 12.2. The molecular weight excluding hydrogens is 264 g/mol. The smallest absolute Gasteiger partial charge is 0.326 e.